The maximum Gasteiger partial charge on any atom is 0.522 e. The number of halogens is 3. The zero-order valence-electron chi connectivity index (χ0n) is 14.3. The molecule has 6 nitrogen and oxygen atoms in total. The fourth-order valence-corrected chi connectivity index (χ4v) is 2.58. The summed E-state index contributed by atoms with van der Waals surface area (Å²) in [5.74, 6) is 0. The Bertz CT molecular complexity index is 737. The van der Waals surface area contributed by atoms with Gasteiger partial charge in [-0.15, -0.1) is 0 Å². The van der Waals surface area contributed by atoms with Crippen LogP contribution in [0.1, 0.15) is 11.1 Å². The van der Waals surface area contributed by atoms with Crippen molar-refractivity contribution in [2.45, 2.75) is 18.7 Å². The van der Waals surface area contributed by atoms with Gasteiger partial charge in [0.1, 0.15) is 0 Å². The average Bonchev–Trinajstić information content (AvgIpc) is 2.59. The molecule has 0 saturated heterocycles. The van der Waals surface area contributed by atoms with Crippen molar-refractivity contribution < 1.29 is 40.1 Å². The molecule has 2 N–H and O–H groups in total. The van der Waals surface area contributed by atoms with Crippen LogP contribution in [-0.2, 0) is 32.4 Å². The molecule has 0 bridgehead atoms. The molecule has 27 heavy (non-hydrogen) atoms. The van der Waals surface area contributed by atoms with Crippen molar-refractivity contribution in [2.75, 3.05) is 6.66 Å². The van der Waals surface area contributed by atoms with E-state index in [0.29, 0.717) is 13.2 Å². The molecule has 0 aliphatic carbocycles. The van der Waals surface area contributed by atoms with Crippen LogP contribution in [0.2, 0.25) is 0 Å². The number of benzene rings is 2. The molecule has 0 aliphatic rings. The van der Waals surface area contributed by atoms with Gasteiger partial charge >= 0.3 is 129 Å². The van der Waals surface area contributed by atoms with E-state index >= 15 is 0 Å². The van der Waals surface area contributed by atoms with Crippen LogP contribution in [0, 0.1) is 0 Å². The van der Waals surface area contributed by atoms with E-state index in [1.807, 2.05) is 60.7 Å². The van der Waals surface area contributed by atoms with Crippen LogP contribution in [0.25, 0.3) is 0 Å². The molecule has 2 rings (SSSR count). The molecule has 0 unspecified atom stereocenters. The van der Waals surface area contributed by atoms with Gasteiger partial charge in [-0.25, -0.2) is 0 Å². The van der Waals surface area contributed by atoms with E-state index in [9.17, 15) is 18.1 Å². The molecule has 2 aromatic rings. The van der Waals surface area contributed by atoms with Crippen molar-refractivity contribution in [3.63, 3.8) is 0 Å². The van der Waals surface area contributed by atoms with E-state index in [1.165, 1.54) is 0 Å². The molecular weight excluding hydrogens is 408 g/mol. The van der Waals surface area contributed by atoms with Gasteiger partial charge in [0, 0.05) is 0 Å². The van der Waals surface area contributed by atoms with Crippen LogP contribution in [0.4, 0.5) is 13.2 Å². The first-order chi connectivity index (χ1) is 12.4. The topological polar surface area (TPSA) is 93.1 Å². The van der Waals surface area contributed by atoms with Crippen LogP contribution in [0.3, 0.4) is 0 Å². The predicted octanol–water partition coefficient (Wildman–Crippen LogP) is 3.93. The quantitative estimate of drug-likeness (QED) is 0.412. The summed E-state index contributed by atoms with van der Waals surface area (Å²) < 4.78 is 68.6. The first kappa shape index (κ1) is 23.5. The second kappa shape index (κ2) is 10.1. The van der Waals surface area contributed by atoms with Crippen LogP contribution in [0.15, 0.2) is 60.7 Å². The summed E-state index contributed by atoms with van der Waals surface area (Å²) >= 11 is 0. The van der Waals surface area contributed by atoms with E-state index < -0.39 is 23.6 Å². The standard InChI is InChI=1S/C15H19O3P.CHF3O3S/c1-19(16,17-12-14-8-4-2-5-9-14)18-13-15-10-6-3-7-11-15;2-1(3,4)8(5,6)7/h2-11,16,19H,12-13H2,1H3;(H,5,6,7). The van der Waals surface area contributed by atoms with Crippen molar-refractivity contribution in [2.24, 2.45) is 0 Å². The Balaban J connectivity index is 0.000000387. The van der Waals surface area contributed by atoms with Crippen molar-refractivity contribution in [1.29, 1.82) is 0 Å². The Kier molecular flexibility index (Phi) is 8.80. The molecular formula is C16H20F3O6PS. The molecule has 152 valence electrons. The second-order valence-electron chi connectivity index (χ2n) is 5.37. The largest absolute Gasteiger partial charge is 0.522 e. The van der Waals surface area contributed by atoms with Gasteiger partial charge in [0.05, 0.1) is 0 Å². The van der Waals surface area contributed by atoms with E-state index in [-0.39, 0.29) is 0 Å². The first-order valence-corrected chi connectivity index (χ1v) is 11.2. The molecule has 0 heterocycles. The van der Waals surface area contributed by atoms with Crippen LogP contribution < -0.4 is 0 Å². The van der Waals surface area contributed by atoms with Crippen molar-refractivity contribution >= 4 is 18.1 Å². The second-order valence-corrected chi connectivity index (χ2v) is 9.15. The third-order valence-electron chi connectivity index (χ3n) is 2.99. The van der Waals surface area contributed by atoms with Gasteiger partial charge < -0.3 is 0 Å². The zero-order chi connectivity index (χ0) is 20.6. The molecule has 11 heteroatoms. The summed E-state index contributed by atoms with van der Waals surface area (Å²) in [6, 6.07) is 19.5. The third kappa shape index (κ3) is 9.81. The Morgan fingerprint density at radius 3 is 1.44 bits per heavy atom. The zero-order valence-corrected chi connectivity index (χ0v) is 16.1. The van der Waals surface area contributed by atoms with Crippen molar-refractivity contribution in [3.05, 3.63) is 71.8 Å². The minimum Gasteiger partial charge on any atom is -0.279 e. The van der Waals surface area contributed by atoms with Crippen molar-refractivity contribution in [3.8, 4) is 0 Å². The summed E-state index contributed by atoms with van der Waals surface area (Å²) in [5.41, 5.74) is -3.48. The molecule has 0 spiro atoms. The average molecular weight is 428 g/mol. The smallest absolute Gasteiger partial charge is 0.279 e. The number of rotatable bonds is 6. The molecule has 0 fully saturated rings. The normalized spacial score (nSPS) is 12.8. The fraction of sp³-hybridized carbons (Fsp3) is 0.250. The maximum atomic E-state index is 10.7. The first-order valence-electron chi connectivity index (χ1n) is 7.52. The Hall–Kier alpha value is -1.55. The predicted molar refractivity (Wildman–Crippen MR) is 96.5 cm³/mol. The minimum atomic E-state index is -5.84. The van der Waals surface area contributed by atoms with Crippen LogP contribution >= 0.6 is 7.94 Å². The molecule has 0 atom stereocenters. The summed E-state index contributed by atoms with van der Waals surface area (Å²) in [6.07, 6.45) is 0. The summed E-state index contributed by atoms with van der Waals surface area (Å²) in [5, 5.41) is 0. The third-order valence-corrected chi connectivity index (χ3v) is 4.94. The van der Waals surface area contributed by atoms with E-state index in [1.54, 1.807) is 6.66 Å². The monoisotopic (exact) mass is 428 g/mol. The molecule has 0 amide bonds. The minimum absolute atomic E-state index is 0.370. The van der Waals surface area contributed by atoms with Gasteiger partial charge in [0.15, 0.2) is 0 Å². The molecule has 0 aliphatic heterocycles. The SMILES string of the molecule is C[PH](O)(OCc1ccccc1)OCc1ccccc1.O=S(=O)(O)C(F)(F)F. The van der Waals surface area contributed by atoms with Gasteiger partial charge in [-0.05, 0) is 0 Å². The molecule has 0 aromatic heterocycles. The van der Waals surface area contributed by atoms with E-state index in [4.69, 9.17) is 22.0 Å². The fourth-order valence-electron chi connectivity index (χ4n) is 1.62. The maximum absolute atomic E-state index is 10.7. The van der Waals surface area contributed by atoms with Gasteiger partial charge in [-0.1, -0.05) is 0 Å². The van der Waals surface area contributed by atoms with Crippen LogP contribution in [0.5, 0.6) is 0 Å². The van der Waals surface area contributed by atoms with Crippen molar-refractivity contribution in [1.82, 2.24) is 0 Å². The van der Waals surface area contributed by atoms with Gasteiger partial charge in [0.2, 0.25) is 0 Å². The van der Waals surface area contributed by atoms with E-state index in [0.717, 1.165) is 11.1 Å². The molecule has 0 saturated carbocycles. The van der Waals surface area contributed by atoms with Gasteiger partial charge in [-0.2, -0.15) is 21.6 Å². The summed E-state index contributed by atoms with van der Waals surface area (Å²) in [4.78, 5) is 10.1. The number of hydrogen-bond donors (Lipinski definition) is 2. The van der Waals surface area contributed by atoms with E-state index in [2.05, 4.69) is 0 Å². The van der Waals surface area contributed by atoms with Gasteiger partial charge in [-0.3, -0.25) is 4.55 Å². The molecule has 0 radical (unpaired) electrons. The summed E-state index contributed by atoms with van der Waals surface area (Å²) in [7, 11) is -8.91. The van der Waals surface area contributed by atoms with Crippen LogP contribution in [-0.4, -0.2) is 30.0 Å². The molecule has 2 aromatic carbocycles. The Morgan fingerprint density at radius 2 is 1.19 bits per heavy atom. The number of alkyl halides is 3. The van der Waals surface area contributed by atoms with Gasteiger partial charge in [0.25, 0.3) is 0 Å². The Morgan fingerprint density at radius 1 is 0.889 bits per heavy atom. The number of hydrogen-bond acceptors (Lipinski definition) is 5. The summed E-state index contributed by atoms with van der Waals surface area (Å²) in [6.45, 7) is 2.38. The Labute approximate surface area is 155 Å².